The summed E-state index contributed by atoms with van der Waals surface area (Å²) in [5, 5.41) is 7.25. The fourth-order valence-corrected chi connectivity index (χ4v) is 2.24. The van der Waals surface area contributed by atoms with Crippen molar-refractivity contribution in [1.82, 2.24) is 20.4 Å². The molecule has 0 bridgehead atoms. The van der Waals surface area contributed by atoms with Gasteiger partial charge in [0.2, 0.25) is 5.82 Å². The minimum atomic E-state index is 0.281. The van der Waals surface area contributed by atoms with E-state index in [2.05, 4.69) is 20.4 Å². The number of rotatable bonds is 4. The third-order valence-electron chi connectivity index (χ3n) is 3.31. The number of piperidine rings is 1. The molecule has 0 aliphatic carbocycles. The summed E-state index contributed by atoms with van der Waals surface area (Å²) in [6.07, 6.45) is 2.34. The fraction of sp³-hybridized carbons (Fsp3) is 0.500. The van der Waals surface area contributed by atoms with E-state index in [-0.39, 0.29) is 6.10 Å². The van der Waals surface area contributed by atoms with Gasteiger partial charge < -0.3 is 14.6 Å². The molecule has 6 nitrogen and oxygen atoms in total. The zero-order valence-corrected chi connectivity index (χ0v) is 11.5. The Morgan fingerprint density at radius 3 is 2.95 bits per heavy atom. The lowest BCUT2D eigenvalue weighted by molar-refractivity contribution is 0.00859. The lowest BCUT2D eigenvalue weighted by Crippen LogP contribution is -2.32. The van der Waals surface area contributed by atoms with Gasteiger partial charge in [-0.25, -0.2) is 4.98 Å². The van der Waals surface area contributed by atoms with Crippen molar-refractivity contribution < 1.29 is 9.26 Å². The van der Waals surface area contributed by atoms with E-state index in [0.29, 0.717) is 18.3 Å². The lowest BCUT2D eigenvalue weighted by atomic mass is 10.1. The van der Waals surface area contributed by atoms with Crippen molar-refractivity contribution >= 4 is 0 Å². The first-order valence-electron chi connectivity index (χ1n) is 6.90. The van der Waals surface area contributed by atoms with Crippen LogP contribution >= 0.6 is 0 Å². The molecule has 2 aromatic rings. The van der Waals surface area contributed by atoms with Gasteiger partial charge in [-0.1, -0.05) is 11.2 Å². The van der Waals surface area contributed by atoms with Gasteiger partial charge in [0.25, 0.3) is 5.89 Å². The quantitative estimate of drug-likeness (QED) is 0.915. The molecule has 6 heteroatoms. The van der Waals surface area contributed by atoms with E-state index in [4.69, 9.17) is 9.26 Å². The summed E-state index contributed by atoms with van der Waals surface area (Å²) in [5.41, 5.74) is 1.65. The normalized spacial score (nSPS) is 16.4. The Bertz CT molecular complexity index is 564. The molecule has 0 radical (unpaired) electrons. The number of hydrogen-bond donors (Lipinski definition) is 1. The van der Waals surface area contributed by atoms with Crippen LogP contribution < -0.4 is 5.32 Å². The van der Waals surface area contributed by atoms with Crippen LogP contribution in [0.2, 0.25) is 0 Å². The second kappa shape index (κ2) is 6.11. The minimum Gasteiger partial charge on any atom is -0.368 e. The SMILES string of the molecule is Cc1cccc(-c2noc(COC3CCNCC3)n2)n1. The van der Waals surface area contributed by atoms with Gasteiger partial charge in [-0.15, -0.1) is 0 Å². The molecule has 3 heterocycles. The first-order chi connectivity index (χ1) is 9.81. The predicted molar refractivity (Wildman–Crippen MR) is 72.9 cm³/mol. The van der Waals surface area contributed by atoms with Crippen LogP contribution in [0.4, 0.5) is 0 Å². The molecule has 20 heavy (non-hydrogen) atoms. The number of hydrogen-bond acceptors (Lipinski definition) is 6. The van der Waals surface area contributed by atoms with Gasteiger partial charge in [0.05, 0.1) is 6.10 Å². The van der Waals surface area contributed by atoms with Crippen molar-refractivity contribution in [3.63, 3.8) is 0 Å². The van der Waals surface area contributed by atoms with E-state index in [1.54, 1.807) is 0 Å². The number of nitrogens with one attached hydrogen (secondary N) is 1. The van der Waals surface area contributed by atoms with Crippen molar-refractivity contribution in [2.75, 3.05) is 13.1 Å². The topological polar surface area (TPSA) is 73.1 Å². The number of aromatic nitrogens is 3. The third kappa shape index (κ3) is 3.20. The lowest BCUT2D eigenvalue weighted by Gasteiger charge is -2.21. The van der Waals surface area contributed by atoms with Gasteiger partial charge in [0.15, 0.2) is 0 Å². The van der Waals surface area contributed by atoms with E-state index in [0.717, 1.165) is 37.3 Å². The van der Waals surface area contributed by atoms with Crippen LogP contribution in [0.5, 0.6) is 0 Å². The molecule has 1 fully saturated rings. The molecule has 106 valence electrons. The zero-order chi connectivity index (χ0) is 13.8. The molecule has 0 saturated carbocycles. The first-order valence-corrected chi connectivity index (χ1v) is 6.90. The third-order valence-corrected chi connectivity index (χ3v) is 3.31. The summed E-state index contributed by atoms with van der Waals surface area (Å²) in [6.45, 7) is 4.31. The van der Waals surface area contributed by atoms with Gasteiger partial charge in [0, 0.05) is 5.69 Å². The van der Waals surface area contributed by atoms with E-state index < -0.39 is 0 Å². The number of ether oxygens (including phenoxy) is 1. The van der Waals surface area contributed by atoms with E-state index >= 15 is 0 Å². The Kier molecular flexibility index (Phi) is 4.03. The second-order valence-corrected chi connectivity index (χ2v) is 4.94. The molecule has 0 spiro atoms. The summed E-state index contributed by atoms with van der Waals surface area (Å²) in [4.78, 5) is 8.70. The van der Waals surface area contributed by atoms with Crippen molar-refractivity contribution in [2.24, 2.45) is 0 Å². The maximum absolute atomic E-state index is 5.79. The first kappa shape index (κ1) is 13.2. The molecule has 0 atom stereocenters. The highest BCUT2D eigenvalue weighted by Gasteiger charge is 2.16. The van der Waals surface area contributed by atoms with Crippen LogP contribution in [-0.2, 0) is 11.3 Å². The number of aryl methyl sites for hydroxylation is 1. The highest BCUT2D eigenvalue weighted by Crippen LogP contribution is 2.15. The Morgan fingerprint density at radius 2 is 2.15 bits per heavy atom. The molecular formula is C14H18N4O2. The number of nitrogens with zero attached hydrogens (tertiary/aromatic N) is 3. The molecule has 1 N–H and O–H groups in total. The summed E-state index contributed by atoms with van der Waals surface area (Å²) in [7, 11) is 0. The summed E-state index contributed by atoms with van der Waals surface area (Å²) in [5.74, 6) is 1.01. The summed E-state index contributed by atoms with van der Waals surface area (Å²) in [6, 6.07) is 5.74. The zero-order valence-electron chi connectivity index (χ0n) is 11.5. The molecular weight excluding hydrogens is 256 g/mol. The minimum absolute atomic E-state index is 0.281. The van der Waals surface area contributed by atoms with Gasteiger partial charge in [0.1, 0.15) is 12.3 Å². The monoisotopic (exact) mass is 274 g/mol. The van der Waals surface area contributed by atoms with Gasteiger partial charge in [-0.2, -0.15) is 4.98 Å². The van der Waals surface area contributed by atoms with Gasteiger partial charge in [-0.05, 0) is 45.0 Å². The molecule has 1 aliphatic heterocycles. The molecule has 1 aliphatic rings. The molecule has 3 rings (SSSR count). The van der Waals surface area contributed by atoms with Crippen LogP contribution in [0, 0.1) is 6.92 Å². The molecule has 1 saturated heterocycles. The van der Waals surface area contributed by atoms with Gasteiger partial charge in [-0.3, -0.25) is 0 Å². The van der Waals surface area contributed by atoms with Crippen molar-refractivity contribution in [3.05, 3.63) is 29.8 Å². The predicted octanol–water partition coefficient (Wildman–Crippen LogP) is 1.71. The largest absolute Gasteiger partial charge is 0.368 e. The maximum atomic E-state index is 5.79. The Labute approximate surface area is 117 Å². The Balaban J connectivity index is 1.61. The highest BCUT2D eigenvalue weighted by atomic mass is 16.5. The highest BCUT2D eigenvalue weighted by molar-refractivity contribution is 5.47. The number of pyridine rings is 1. The van der Waals surface area contributed by atoms with Crippen LogP contribution in [0.25, 0.3) is 11.5 Å². The second-order valence-electron chi connectivity index (χ2n) is 4.94. The fourth-order valence-electron chi connectivity index (χ4n) is 2.24. The molecule has 0 amide bonds. The van der Waals surface area contributed by atoms with Crippen LogP contribution in [0.3, 0.4) is 0 Å². The van der Waals surface area contributed by atoms with Crippen molar-refractivity contribution in [3.8, 4) is 11.5 Å². The van der Waals surface area contributed by atoms with Gasteiger partial charge >= 0.3 is 0 Å². The molecule has 0 aromatic carbocycles. The smallest absolute Gasteiger partial charge is 0.253 e. The van der Waals surface area contributed by atoms with Crippen LogP contribution in [-0.4, -0.2) is 34.3 Å². The standard InChI is InChI=1S/C14H18N4O2/c1-10-3-2-4-12(16-10)14-17-13(20-18-14)9-19-11-5-7-15-8-6-11/h2-4,11,15H,5-9H2,1H3. The summed E-state index contributed by atoms with van der Waals surface area (Å²) >= 11 is 0. The van der Waals surface area contributed by atoms with Crippen LogP contribution in [0.15, 0.2) is 22.7 Å². The van der Waals surface area contributed by atoms with E-state index in [9.17, 15) is 0 Å². The average Bonchev–Trinajstić information content (AvgIpc) is 2.95. The maximum Gasteiger partial charge on any atom is 0.253 e. The van der Waals surface area contributed by atoms with Crippen molar-refractivity contribution in [2.45, 2.75) is 32.5 Å². The summed E-state index contributed by atoms with van der Waals surface area (Å²) < 4.78 is 11.0. The molecule has 0 unspecified atom stereocenters. The Hall–Kier alpha value is -1.79. The van der Waals surface area contributed by atoms with Crippen molar-refractivity contribution in [1.29, 1.82) is 0 Å². The Morgan fingerprint density at radius 1 is 1.30 bits per heavy atom. The van der Waals surface area contributed by atoms with E-state index in [1.807, 2.05) is 25.1 Å². The van der Waals surface area contributed by atoms with Crippen LogP contribution in [0.1, 0.15) is 24.4 Å². The molecule has 2 aromatic heterocycles. The average molecular weight is 274 g/mol. The van der Waals surface area contributed by atoms with E-state index in [1.165, 1.54) is 0 Å².